The fourth-order valence-electron chi connectivity index (χ4n) is 4.83. The zero-order valence-electron chi connectivity index (χ0n) is 19.6. The van der Waals surface area contributed by atoms with E-state index in [9.17, 15) is 5.11 Å². The molecule has 1 aliphatic rings. The second kappa shape index (κ2) is 12.4. The number of halogens is 1. The normalized spacial score (nSPS) is 19.9. The maximum atomic E-state index is 15.4. The summed E-state index contributed by atoms with van der Waals surface area (Å²) in [5, 5.41) is 11.8. The van der Waals surface area contributed by atoms with Crippen molar-refractivity contribution in [3.63, 3.8) is 0 Å². The van der Waals surface area contributed by atoms with Crippen LogP contribution in [0.1, 0.15) is 37.4 Å². The van der Waals surface area contributed by atoms with Crippen molar-refractivity contribution in [1.82, 2.24) is 19.9 Å². The van der Waals surface area contributed by atoms with E-state index in [4.69, 9.17) is 4.74 Å². The van der Waals surface area contributed by atoms with E-state index < -0.39 is 6.17 Å². The van der Waals surface area contributed by atoms with Crippen molar-refractivity contribution in [3.05, 3.63) is 54.6 Å². The molecule has 8 heteroatoms. The van der Waals surface area contributed by atoms with Crippen LogP contribution in [-0.2, 0) is 0 Å². The van der Waals surface area contributed by atoms with Crippen molar-refractivity contribution in [2.45, 2.75) is 36.9 Å². The number of benzene rings is 1. The van der Waals surface area contributed by atoms with Gasteiger partial charge in [-0.2, -0.15) is 0 Å². The Morgan fingerprint density at radius 3 is 2.91 bits per heavy atom. The average Bonchev–Trinajstić information content (AvgIpc) is 2.89. The Bertz CT molecular complexity index is 1040. The van der Waals surface area contributed by atoms with Crippen LogP contribution >= 0.6 is 11.8 Å². The lowest BCUT2D eigenvalue weighted by atomic mass is 9.81. The van der Waals surface area contributed by atoms with Crippen LogP contribution in [0.4, 0.5) is 4.39 Å². The molecule has 1 fully saturated rings. The number of aliphatic hydroxyl groups is 1. The highest BCUT2D eigenvalue weighted by Crippen LogP contribution is 2.35. The van der Waals surface area contributed by atoms with E-state index in [2.05, 4.69) is 19.9 Å². The highest BCUT2D eigenvalue weighted by atomic mass is 32.2. The standard InChI is InChI=1S/C26H33FN4O2S/c1-33-21-4-6-25-23(15-21)22(7-9-29-25)24(27)5-3-19-8-13-31(17-20(19)18-32)12-2-14-34-26-16-28-10-11-30-26/h4,6-7,9-11,15-16,19-20,24,32H,2-3,5,8,12-14,17-18H2,1H3/t19-,20-,24-/m1/s1. The van der Waals surface area contributed by atoms with Gasteiger partial charge in [-0.3, -0.25) is 9.97 Å². The minimum Gasteiger partial charge on any atom is -0.497 e. The monoisotopic (exact) mass is 484 g/mol. The molecular weight excluding hydrogens is 451 g/mol. The summed E-state index contributed by atoms with van der Waals surface area (Å²) in [6.45, 7) is 3.04. The van der Waals surface area contributed by atoms with Gasteiger partial charge in [-0.25, -0.2) is 9.37 Å². The lowest BCUT2D eigenvalue weighted by Gasteiger charge is -2.38. The van der Waals surface area contributed by atoms with E-state index in [1.807, 2.05) is 18.2 Å². The molecular formula is C26H33FN4O2S. The number of aliphatic hydroxyl groups excluding tert-OH is 1. The van der Waals surface area contributed by atoms with Gasteiger partial charge < -0.3 is 14.7 Å². The second-order valence-corrected chi connectivity index (χ2v) is 9.98. The first-order chi connectivity index (χ1) is 16.7. The van der Waals surface area contributed by atoms with Gasteiger partial charge in [-0.05, 0) is 80.4 Å². The molecule has 1 aliphatic heterocycles. The fourth-order valence-corrected chi connectivity index (χ4v) is 5.59. The van der Waals surface area contributed by atoms with Crippen molar-refractivity contribution >= 4 is 22.7 Å². The maximum Gasteiger partial charge on any atom is 0.126 e. The van der Waals surface area contributed by atoms with E-state index in [1.54, 1.807) is 49.7 Å². The zero-order valence-corrected chi connectivity index (χ0v) is 20.5. The van der Waals surface area contributed by atoms with Gasteiger partial charge in [0.15, 0.2) is 0 Å². The molecule has 0 amide bonds. The molecule has 3 aromatic rings. The van der Waals surface area contributed by atoms with Crippen LogP contribution in [0.3, 0.4) is 0 Å². The third-order valence-corrected chi connectivity index (χ3v) is 7.73. The predicted molar refractivity (Wildman–Crippen MR) is 134 cm³/mol. The summed E-state index contributed by atoms with van der Waals surface area (Å²) in [5.74, 6) is 2.24. The Morgan fingerprint density at radius 1 is 1.21 bits per heavy atom. The quantitative estimate of drug-likeness (QED) is 0.305. The highest BCUT2D eigenvalue weighted by molar-refractivity contribution is 7.99. The van der Waals surface area contributed by atoms with Gasteiger partial charge in [0.25, 0.3) is 0 Å². The largest absolute Gasteiger partial charge is 0.497 e. The summed E-state index contributed by atoms with van der Waals surface area (Å²) in [6.07, 6.45) is 9.10. The number of ether oxygens (including phenoxy) is 1. The van der Waals surface area contributed by atoms with Crippen molar-refractivity contribution in [1.29, 1.82) is 0 Å². The number of thioether (sulfide) groups is 1. The number of hydrogen-bond acceptors (Lipinski definition) is 7. The first-order valence-electron chi connectivity index (χ1n) is 12.0. The molecule has 4 rings (SSSR count). The van der Waals surface area contributed by atoms with E-state index in [0.717, 1.165) is 60.6 Å². The molecule has 3 heterocycles. The summed E-state index contributed by atoms with van der Waals surface area (Å²) in [6, 6.07) is 7.35. The number of methoxy groups -OCH3 is 1. The van der Waals surface area contributed by atoms with Crippen LogP contribution in [0.25, 0.3) is 10.9 Å². The maximum absolute atomic E-state index is 15.4. The van der Waals surface area contributed by atoms with Gasteiger partial charge in [0.1, 0.15) is 16.9 Å². The minimum absolute atomic E-state index is 0.155. The molecule has 0 bridgehead atoms. The number of hydrogen-bond donors (Lipinski definition) is 1. The first-order valence-corrected chi connectivity index (χ1v) is 12.9. The summed E-state index contributed by atoms with van der Waals surface area (Å²) < 4.78 is 20.7. The van der Waals surface area contributed by atoms with E-state index >= 15 is 4.39 Å². The summed E-state index contributed by atoms with van der Waals surface area (Å²) in [5.41, 5.74) is 1.45. The molecule has 182 valence electrons. The topological polar surface area (TPSA) is 71.4 Å². The lowest BCUT2D eigenvalue weighted by Crippen LogP contribution is -2.42. The van der Waals surface area contributed by atoms with Crippen LogP contribution in [0.5, 0.6) is 5.75 Å². The molecule has 0 radical (unpaired) electrons. The van der Waals surface area contributed by atoms with Gasteiger partial charge in [0.05, 0.1) is 18.8 Å². The number of rotatable bonds is 11. The molecule has 1 N–H and O–H groups in total. The van der Waals surface area contributed by atoms with Crippen molar-refractivity contribution in [2.24, 2.45) is 11.8 Å². The molecule has 0 saturated carbocycles. The Balaban J connectivity index is 1.26. The Morgan fingerprint density at radius 2 is 2.12 bits per heavy atom. The van der Waals surface area contributed by atoms with Crippen LogP contribution in [0.2, 0.25) is 0 Å². The van der Waals surface area contributed by atoms with Gasteiger partial charge in [0.2, 0.25) is 0 Å². The second-order valence-electron chi connectivity index (χ2n) is 8.87. The summed E-state index contributed by atoms with van der Waals surface area (Å²) >= 11 is 1.72. The SMILES string of the molecule is COc1ccc2nccc([C@H](F)CC[C@@H]3CCN(CCCSc4cnccn4)C[C@@H]3CO)c2c1. The first kappa shape index (κ1) is 24.8. The van der Waals surface area contributed by atoms with Crippen molar-refractivity contribution in [3.8, 4) is 5.75 Å². The van der Waals surface area contributed by atoms with Gasteiger partial charge in [-0.15, -0.1) is 11.8 Å². The van der Waals surface area contributed by atoms with Gasteiger partial charge >= 0.3 is 0 Å². The van der Waals surface area contributed by atoms with E-state index in [-0.39, 0.29) is 12.5 Å². The number of nitrogens with zero attached hydrogens (tertiary/aromatic N) is 4. The smallest absolute Gasteiger partial charge is 0.126 e. The fraction of sp³-hybridized carbons (Fsp3) is 0.500. The number of likely N-dealkylation sites (tertiary alicyclic amines) is 1. The van der Waals surface area contributed by atoms with Crippen LogP contribution in [0.15, 0.2) is 54.1 Å². The molecule has 0 aliphatic carbocycles. The number of fused-ring (bicyclic) bond motifs is 1. The van der Waals surface area contributed by atoms with Gasteiger partial charge in [-0.1, -0.05) is 0 Å². The minimum atomic E-state index is -1.06. The molecule has 0 unspecified atom stereocenters. The molecule has 1 aromatic carbocycles. The Hall–Kier alpha value is -2.29. The number of piperidine rings is 1. The molecule has 34 heavy (non-hydrogen) atoms. The highest BCUT2D eigenvalue weighted by Gasteiger charge is 2.29. The zero-order chi connectivity index (χ0) is 23.8. The molecule has 1 saturated heterocycles. The predicted octanol–water partition coefficient (Wildman–Crippen LogP) is 4.94. The Kier molecular flexibility index (Phi) is 9.07. The molecule has 0 spiro atoms. The molecule has 3 atom stereocenters. The molecule has 2 aromatic heterocycles. The van der Waals surface area contributed by atoms with E-state index in [1.165, 1.54) is 0 Å². The average molecular weight is 485 g/mol. The van der Waals surface area contributed by atoms with Crippen molar-refractivity contribution in [2.75, 3.05) is 39.1 Å². The number of pyridine rings is 1. The molecule has 6 nitrogen and oxygen atoms in total. The third-order valence-electron chi connectivity index (χ3n) is 6.73. The van der Waals surface area contributed by atoms with Crippen LogP contribution < -0.4 is 4.74 Å². The van der Waals surface area contributed by atoms with Crippen molar-refractivity contribution < 1.29 is 14.2 Å². The van der Waals surface area contributed by atoms with Gasteiger partial charge in [0, 0.05) is 42.9 Å². The Labute approximate surface area is 205 Å². The summed E-state index contributed by atoms with van der Waals surface area (Å²) in [4.78, 5) is 15.2. The number of aromatic nitrogens is 3. The van der Waals surface area contributed by atoms with Crippen LogP contribution in [-0.4, -0.2) is 64.1 Å². The number of alkyl halides is 1. The third kappa shape index (κ3) is 6.43. The summed E-state index contributed by atoms with van der Waals surface area (Å²) in [7, 11) is 1.61. The van der Waals surface area contributed by atoms with Crippen LogP contribution in [0, 0.1) is 11.8 Å². The lowest BCUT2D eigenvalue weighted by molar-refractivity contribution is 0.0640. The van der Waals surface area contributed by atoms with E-state index in [0.29, 0.717) is 23.7 Å².